The topological polar surface area (TPSA) is 126 Å². The molecule has 0 spiro atoms. The average molecular weight is 746 g/mol. The van der Waals surface area contributed by atoms with Crippen LogP contribution in [0.15, 0.2) is 120 Å². The van der Waals surface area contributed by atoms with Gasteiger partial charge in [-0.3, -0.25) is 9.59 Å². The Bertz CT molecular complexity index is 2110. The summed E-state index contributed by atoms with van der Waals surface area (Å²) >= 11 is 0. The molecule has 5 aromatic carbocycles. The van der Waals surface area contributed by atoms with Gasteiger partial charge in [0.25, 0.3) is 11.8 Å². The number of nitrogens with zero attached hydrogens (tertiary/aromatic N) is 4. The molecule has 2 amide bonds. The van der Waals surface area contributed by atoms with Gasteiger partial charge in [-0.15, -0.1) is 0 Å². The van der Waals surface area contributed by atoms with E-state index < -0.39 is 10.0 Å². The average Bonchev–Trinajstić information content (AvgIpc) is 3.22. The van der Waals surface area contributed by atoms with Crippen LogP contribution in [0.3, 0.4) is 0 Å². The molecule has 2 aliphatic rings. The van der Waals surface area contributed by atoms with Crippen LogP contribution in [0.5, 0.6) is 11.5 Å². The first-order chi connectivity index (χ1) is 26.2. The molecule has 11 nitrogen and oxygen atoms in total. The number of benzene rings is 5. The number of hydrogen-bond acceptors (Lipinski definition) is 8. The van der Waals surface area contributed by atoms with Crippen LogP contribution >= 0.6 is 0 Å². The highest BCUT2D eigenvalue weighted by Crippen LogP contribution is 2.36. The molecule has 54 heavy (non-hydrogen) atoms. The number of anilines is 2. The van der Waals surface area contributed by atoms with Gasteiger partial charge in [0.1, 0.15) is 11.5 Å². The minimum atomic E-state index is -4.19. The van der Waals surface area contributed by atoms with Crippen LogP contribution in [0.25, 0.3) is 22.3 Å². The zero-order valence-corrected chi connectivity index (χ0v) is 31.2. The predicted molar refractivity (Wildman–Crippen MR) is 211 cm³/mol. The molecule has 2 aliphatic heterocycles. The highest BCUT2D eigenvalue weighted by molar-refractivity contribution is 7.89. The van der Waals surface area contributed by atoms with Crippen molar-refractivity contribution in [3.63, 3.8) is 0 Å². The van der Waals surface area contributed by atoms with Crippen LogP contribution in [-0.2, 0) is 10.0 Å². The van der Waals surface area contributed by atoms with Gasteiger partial charge in [-0.25, -0.2) is 13.6 Å². The van der Waals surface area contributed by atoms with E-state index in [2.05, 4.69) is 9.80 Å². The van der Waals surface area contributed by atoms with Crippen LogP contribution < -0.4 is 24.4 Å². The maximum Gasteiger partial charge on any atom is 0.253 e. The monoisotopic (exact) mass is 745 g/mol. The number of nitrogens with two attached hydrogens (primary N) is 1. The van der Waals surface area contributed by atoms with E-state index in [1.807, 2.05) is 58.3 Å². The molecule has 0 aliphatic carbocycles. The van der Waals surface area contributed by atoms with Crippen LogP contribution in [0.4, 0.5) is 11.4 Å². The fourth-order valence-corrected chi connectivity index (χ4v) is 8.32. The molecule has 2 fully saturated rings. The zero-order chi connectivity index (χ0) is 37.8. The van der Waals surface area contributed by atoms with Crippen molar-refractivity contribution in [3.8, 4) is 33.8 Å². The molecule has 2 N–H and O–H groups in total. The molecular formula is C42H43N5O6S. The second-order valence-corrected chi connectivity index (χ2v) is 14.8. The van der Waals surface area contributed by atoms with E-state index in [0.29, 0.717) is 85.7 Å². The maximum absolute atomic E-state index is 13.5. The van der Waals surface area contributed by atoms with E-state index in [-0.39, 0.29) is 16.7 Å². The smallest absolute Gasteiger partial charge is 0.253 e. The number of amides is 2. The summed E-state index contributed by atoms with van der Waals surface area (Å²) in [5.41, 5.74) is 5.10. The fraction of sp³-hybridized carbons (Fsp3) is 0.238. The van der Waals surface area contributed by atoms with Gasteiger partial charge in [0.15, 0.2) is 0 Å². The second-order valence-electron chi connectivity index (χ2n) is 13.3. The van der Waals surface area contributed by atoms with Gasteiger partial charge >= 0.3 is 0 Å². The summed E-state index contributed by atoms with van der Waals surface area (Å²) in [6.07, 6.45) is 0. The highest BCUT2D eigenvalue weighted by Gasteiger charge is 2.27. The number of primary sulfonamides is 1. The number of sulfonamides is 1. The Morgan fingerprint density at radius 1 is 0.519 bits per heavy atom. The number of hydrogen-bond donors (Lipinski definition) is 1. The van der Waals surface area contributed by atoms with Crippen LogP contribution in [0.2, 0.25) is 0 Å². The minimum absolute atomic E-state index is 0.0249. The molecule has 7 rings (SSSR count). The largest absolute Gasteiger partial charge is 0.495 e. The van der Waals surface area contributed by atoms with Crippen LogP contribution in [-0.4, -0.2) is 96.6 Å². The lowest BCUT2D eigenvalue weighted by Gasteiger charge is -2.36. The van der Waals surface area contributed by atoms with Crippen LogP contribution in [0.1, 0.15) is 20.7 Å². The van der Waals surface area contributed by atoms with Crippen molar-refractivity contribution in [3.05, 3.63) is 126 Å². The first kappa shape index (κ1) is 36.5. The molecule has 0 bridgehead atoms. The van der Waals surface area contributed by atoms with Crippen LogP contribution in [0, 0.1) is 0 Å². The van der Waals surface area contributed by atoms with Gasteiger partial charge in [-0.1, -0.05) is 66.7 Å². The molecule has 0 aromatic heterocycles. The lowest BCUT2D eigenvalue weighted by molar-refractivity contribution is 0.0739. The van der Waals surface area contributed by atoms with Gasteiger partial charge in [-0.2, -0.15) is 0 Å². The minimum Gasteiger partial charge on any atom is -0.495 e. The number of para-hydroxylation sites is 4. The number of rotatable bonds is 9. The number of ether oxygens (including phenoxy) is 2. The Hall–Kier alpha value is -5.85. The summed E-state index contributed by atoms with van der Waals surface area (Å²) in [6, 6.07) is 34.8. The summed E-state index contributed by atoms with van der Waals surface area (Å²) in [5, 5.41) is 5.85. The van der Waals surface area contributed by atoms with Gasteiger partial charge in [-0.05, 0) is 59.7 Å². The maximum atomic E-state index is 13.5. The van der Waals surface area contributed by atoms with Crippen molar-refractivity contribution >= 4 is 33.2 Å². The van der Waals surface area contributed by atoms with E-state index in [0.717, 1.165) is 22.9 Å². The summed E-state index contributed by atoms with van der Waals surface area (Å²) in [4.78, 5) is 35.0. The number of methoxy groups -OCH3 is 2. The Morgan fingerprint density at radius 2 is 0.889 bits per heavy atom. The first-order valence-corrected chi connectivity index (χ1v) is 19.4. The Kier molecular flexibility index (Phi) is 10.6. The third kappa shape index (κ3) is 7.48. The van der Waals surface area contributed by atoms with Crippen molar-refractivity contribution < 1.29 is 27.5 Å². The molecule has 0 unspecified atom stereocenters. The highest BCUT2D eigenvalue weighted by atomic mass is 32.2. The van der Waals surface area contributed by atoms with Crippen molar-refractivity contribution in [2.45, 2.75) is 4.90 Å². The van der Waals surface area contributed by atoms with Crippen molar-refractivity contribution in [1.29, 1.82) is 0 Å². The molecule has 278 valence electrons. The summed E-state index contributed by atoms with van der Waals surface area (Å²) in [7, 11) is -0.886. The Balaban J connectivity index is 1.04. The summed E-state index contributed by atoms with van der Waals surface area (Å²) < 4.78 is 37.3. The summed E-state index contributed by atoms with van der Waals surface area (Å²) in [5.74, 6) is 1.42. The predicted octanol–water partition coefficient (Wildman–Crippen LogP) is 5.61. The van der Waals surface area contributed by atoms with Gasteiger partial charge in [0.2, 0.25) is 10.0 Å². The van der Waals surface area contributed by atoms with Crippen molar-refractivity contribution in [2.24, 2.45) is 5.14 Å². The third-order valence-corrected chi connectivity index (χ3v) is 11.2. The lowest BCUT2D eigenvalue weighted by Crippen LogP contribution is -2.48. The Labute approximate surface area is 316 Å². The summed E-state index contributed by atoms with van der Waals surface area (Å²) in [6.45, 7) is 4.92. The molecule has 0 radical (unpaired) electrons. The Morgan fingerprint density at radius 3 is 1.24 bits per heavy atom. The number of piperazine rings is 2. The molecule has 12 heteroatoms. The van der Waals surface area contributed by atoms with Gasteiger partial charge in [0, 0.05) is 74.6 Å². The van der Waals surface area contributed by atoms with E-state index in [9.17, 15) is 18.0 Å². The molecule has 2 heterocycles. The number of carbonyl (C=O) groups excluding carboxylic acids is 2. The third-order valence-electron chi connectivity index (χ3n) is 10.2. The number of carbonyl (C=O) groups is 2. The normalized spacial score (nSPS) is 14.9. The lowest BCUT2D eigenvalue weighted by atomic mass is 9.97. The van der Waals surface area contributed by atoms with Gasteiger partial charge < -0.3 is 29.1 Å². The standard InChI is InChI=1S/C42H43N5O6S/c1-52-38-12-5-3-10-36(38)44-22-26-46(27-23-44)41(48)32-18-14-30(15-19-32)34-8-7-9-35(40(34)54(43,50)51)31-16-20-33(21-17-31)42(49)47-28-24-45(25-29-47)37-11-4-6-13-39(37)53-2/h3-21H,22-29H2,1-2H3,(H2,43,50,51). The molecular weight excluding hydrogens is 703 g/mol. The SMILES string of the molecule is COc1ccccc1N1CCN(C(=O)c2ccc(-c3cccc(-c4ccc(C(=O)N5CCN(c6ccccc6OC)CC5)cc4)c3S(N)(=O)=O)cc2)CC1. The zero-order valence-electron chi connectivity index (χ0n) is 30.4. The van der Waals surface area contributed by atoms with Gasteiger partial charge in [0.05, 0.1) is 30.5 Å². The van der Waals surface area contributed by atoms with E-state index >= 15 is 0 Å². The quantitative estimate of drug-likeness (QED) is 0.207. The van der Waals surface area contributed by atoms with E-state index in [1.54, 1.807) is 80.9 Å². The first-order valence-electron chi connectivity index (χ1n) is 17.9. The van der Waals surface area contributed by atoms with Crippen molar-refractivity contribution in [1.82, 2.24) is 9.80 Å². The molecule has 5 aromatic rings. The molecule has 0 saturated carbocycles. The molecule has 0 atom stereocenters. The molecule has 2 saturated heterocycles. The van der Waals surface area contributed by atoms with E-state index in [1.165, 1.54) is 0 Å². The second kappa shape index (κ2) is 15.6. The van der Waals surface area contributed by atoms with Crippen molar-refractivity contribution in [2.75, 3.05) is 76.4 Å². The fourth-order valence-electron chi connectivity index (χ4n) is 7.33. The van der Waals surface area contributed by atoms with E-state index in [4.69, 9.17) is 14.6 Å².